The predicted octanol–water partition coefficient (Wildman–Crippen LogP) is 2.98. The molecular weight excluding hydrogens is 292 g/mol. The van der Waals surface area contributed by atoms with Crippen LogP contribution >= 0.6 is 15.9 Å². The molecule has 1 aromatic carbocycles. The zero-order valence-corrected chi connectivity index (χ0v) is 12.0. The minimum Gasteiger partial charge on any atom is -0.393 e. The molecule has 1 heterocycles. The molecule has 0 atom stereocenters. The first kappa shape index (κ1) is 12.3. The SMILES string of the molecule is OC1CCC(N2CCNc3ccc(Br)cc32)CC1. The lowest BCUT2D eigenvalue weighted by molar-refractivity contribution is 0.121. The molecule has 0 unspecified atom stereocenters. The van der Waals surface area contributed by atoms with Crippen LogP contribution in [0.1, 0.15) is 25.7 Å². The van der Waals surface area contributed by atoms with Gasteiger partial charge in [0.1, 0.15) is 0 Å². The van der Waals surface area contributed by atoms with Crippen molar-refractivity contribution in [2.24, 2.45) is 0 Å². The number of rotatable bonds is 1. The minimum atomic E-state index is -0.0776. The number of benzene rings is 1. The van der Waals surface area contributed by atoms with Gasteiger partial charge in [0.05, 0.1) is 17.5 Å². The maximum atomic E-state index is 9.63. The molecule has 1 saturated carbocycles. The third kappa shape index (κ3) is 2.36. The maximum absolute atomic E-state index is 9.63. The monoisotopic (exact) mass is 310 g/mol. The van der Waals surface area contributed by atoms with E-state index >= 15 is 0 Å². The Kier molecular flexibility index (Phi) is 3.48. The minimum absolute atomic E-state index is 0.0776. The second-order valence-electron chi connectivity index (χ2n) is 5.24. The number of anilines is 2. The third-order valence-electron chi connectivity index (χ3n) is 4.04. The van der Waals surface area contributed by atoms with Crippen LogP contribution in [-0.4, -0.2) is 30.3 Å². The maximum Gasteiger partial charge on any atom is 0.0616 e. The van der Waals surface area contributed by atoms with Gasteiger partial charge in [0.15, 0.2) is 0 Å². The van der Waals surface area contributed by atoms with E-state index in [9.17, 15) is 5.11 Å². The molecule has 18 heavy (non-hydrogen) atoms. The largest absolute Gasteiger partial charge is 0.393 e. The van der Waals surface area contributed by atoms with E-state index in [4.69, 9.17) is 0 Å². The van der Waals surface area contributed by atoms with Gasteiger partial charge >= 0.3 is 0 Å². The fourth-order valence-corrected chi connectivity index (χ4v) is 3.42. The molecule has 0 spiro atoms. The van der Waals surface area contributed by atoms with Crippen molar-refractivity contribution in [2.45, 2.75) is 37.8 Å². The lowest BCUT2D eigenvalue weighted by Gasteiger charge is -2.41. The molecule has 2 aliphatic rings. The Hall–Kier alpha value is -0.740. The van der Waals surface area contributed by atoms with Crippen LogP contribution in [0.3, 0.4) is 0 Å². The zero-order chi connectivity index (χ0) is 12.5. The van der Waals surface area contributed by atoms with E-state index in [1.165, 1.54) is 11.4 Å². The summed E-state index contributed by atoms with van der Waals surface area (Å²) in [5.74, 6) is 0. The molecule has 1 aliphatic carbocycles. The van der Waals surface area contributed by atoms with Crippen LogP contribution in [0.2, 0.25) is 0 Å². The summed E-state index contributed by atoms with van der Waals surface area (Å²) in [6, 6.07) is 7.01. The average Bonchev–Trinajstić information content (AvgIpc) is 2.39. The molecule has 3 rings (SSSR count). The van der Waals surface area contributed by atoms with Crippen LogP contribution in [0.15, 0.2) is 22.7 Å². The molecular formula is C14H19BrN2O. The molecule has 98 valence electrons. The third-order valence-corrected chi connectivity index (χ3v) is 4.54. The van der Waals surface area contributed by atoms with Gasteiger partial charge in [0.2, 0.25) is 0 Å². The highest BCUT2D eigenvalue weighted by molar-refractivity contribution is 9.10. The van der Waals surface area contributed by atoms with Gasteiger partial charge in [0, 0.05) is 23.6 Å². The van der Waals surface area contributed by atoms with Gasteiger partial charge in [-0.25, -0.2) is 0 Å². The summed E-state index contributed by atoms with van der Waals surface area (Å²) in [6.07, 6.45) is 4.02. The van der Waals surface area contributed by atoms with Crippen molar-refractivity contribution in [1.29, 1.82) is 0 Å². The zero-order valence-electron chi connectivity index (χ0n) is 10.4. The fraction of sp³-hybridized carbons (Fsp3) is 0.571. The molecule has 3 nitrogen and oxygen atoms in total. The van der Waals surface area contributed by atoms with E-state index in [1.807, 2.05) is 0 Å². The van der Waals surface area contributed by atoms with Crippen molar-refractivity contribution in [1.82, 2.24) is 0 Å². The molecule has 0 amide bonds. The number of nitrogens with zero attached hydrogens (tertiary/aromatic N) is 1. The topological polar surface area (TPSA) is 35.5 Å². The standard InChI is InChI=1S/C14H19BrN2O/c15-10-1-6-13-14(9-10)17(8-7-16-13)11-2-4-12(18)5-3-11/h1,6,9,11-12,16,18H,2-5,7-8H2. The number of aliphatic hydroxyl groups is 1. The first-order valence-electron chi connectivity index (χ1n) is 6.72. The van der Waals surface area contributed by atoms with Crippen molar-refractivity contribution in [2.75, 3.05) is 23.3 Å². The molecule has 2 N–H and O–H groups in total. The van der Waals surface area contributed by atoms with Crippen LogP contribution in [-0.2, 0) is 0 Å². The lowest BCUT2D eigenvalue weighted by atomic mass is 9.91. The van der Waals surface area contributed by atoms with E-state index in [1.54, 1.807) is 0 Å². The summed E-state index contributed by atoms with van der Waals surface area (Å²) in [7, 11) is 0. The summed E-state index contributed by atoms with van der Waals surface area (Å²) in [5, 5.41) is 13.1. The first-order valence-corrected chi connectivity index (χ1v) is 7.51. The predicted molar refractivity (Wildman–Crippen MR) is 78.2 cm³/mol. The van der Waals surface area contributed by atoms with Crippen LogP contribution in [0.5, 0.6) is 0 Å². The van der Waals surface area contributed by atoms with E-state index < -0.39 is 0 Å². The second-order valence-corrected chi connectivity index (χ2v) is 6.16. The molecule has 4 heteroatoms. The summed E-state index contributed by atoms with van der Waals surface area (Å²) in [4.78, 5) is 2.52. The molecule has 0 bridgehead atoms. The van der Waals surface area contributed by atoms with Gasteiger partial charge in [-0.3, -0.25) is 0 Å². The van der Waals surface area contributed by atoms with E-state index in [0.29, 0.717) is 6.04 Å². The van der Waals surface area contributed by atoms with Crippen molar-refractivity contribution in [3.8, 4) is 0 Å². The van der Waals surface area contributed by atoms with Gasteiger partial charge in [-0.2, -0.15) is 0 Å². The van der Waals surface area contributed by atoms with Crippen molar-refractivity contribution >= 4 is 27.3 Å². The highest BCUT2D eigenvalue weighted by Gasteiger charge is 2.28. The second kappa shape index (κ2) is 5.10. The molecule has 0 aromatic heterocycles. The van der Waals surface area contributed by atoms with E-state index in [0.717, 1.165) is 43.2 Å². The van der Waals surface area contributed by atoms with Gasteiger partial charge in [-0.05, 0) is 43.9 Å². The lowest BCUT2D eigenvalue weighted by Crippen LogP contribution is -2.44. The molecule has 1 aliphatic heterocycles. The van der Waals surface area contributed by atoms with Crippen LogP contribution in [0, 0.1) is 0 Å². The summed E-state index contributed by atoms with van der Waals surface area (Å²) in [5.41, 5.74) is 2.53. The van der Waals surface area contributed by atoms with Crippen molar-refractivity contribution in [3.05, 3.63) is 22.7 Å². The van der Waals surface area contributed by atoms with E-state index in [2.05, 4.69) is 44.3 Å². The number of hydrogen-bond donors (Lipinski definition) is 2. The van der Waals surface area contributed by atoms with Crippen molar-refractivity contribution in [3.63, 3.8) is 0 Å². The van der Waals surface area contributed by atoms with Gasteiger partial charge in [-0.1, -0.05) is 15.9 Å². The Labute approximate surface area is 116 Å². The number of halogens is 1. The fourth-order valence-electron chi connectivity index (χ4n) is 3.07. The smallest absolute Gasteiger partial charge is 0.0616 e. The number of hydrogen-bond acceptors (Lipinski definition) is 3. The highest BCUT2D eigenvalue weighted by Crippen LogP contribution is 2.36. The molecule has 0 radical (unpaired) electrons. The number of aliphatic hydroxyl groups excluding tert-OH is 1. The molecule has 0 saturated heterocycles. The summed E-state index contributed by atoms with van der Waals surface area (Å²) in [6.45, 7) is 2.07. The van der Waals surface area contributed by atoms with Gasteiger partial charge in [-0.15, -0.1) is 0 Å². The number of nitrogens with one attached hydrogen (secondary N) is 1. The van der Waals surface area contributed by atoms with Crippen molar-refractivity contribution < 1.29 is 5.11 Å². The first-order chi connectivity index (χ1) is 8.74. The van der Waals surface area contributed by atoms with Gasteiger partial charge in [0.25, 0.3) is 0 Å². The number of fused-ring (bicyclic) bond motifs is 1. The summed E-state index contributed by atoms with van der Waals surface area (Å²) < 4.78 is 1.13. The van der Waals surface area contributed by atoms with E-state index in [-0.39, 0.29) is 6.10 Å². The summed E-state index contributed by atoms with van der Waals surface area (Å²) >= 11 is 3.56. The molecule has 1 aromatic rings. The Morgan fingerprint density at radius 3 is 2.78 bits per heavy atom. The Morgan fingerprint density at radius 2 is 2.00 bits per heavy atom. The Bertz CT molecular complexity index is 430. The van der Waals surface area contributed by atoms with Crippen LogP contribution in [0.25, 0.3) is 0 Å². The normalized spacial score (nSPS) is 27.6. The van der Waals surface area contributed by atoms with Crippen LogP contribution < -0.4 is 10.2 Å². The van der Waals surface area contributed by atoms with Gasteiger partial charge < -0.3 is 15.3 Å². The highest BCUT2D eigenvalue weighted by atomic mass is 79.9. The quantitative estimate of drug-likeness (QED) is 0.837. The Balaban J connectivity index is 1.84. The molecule has 1 fully saturated rings. The Morgan fingerprint density at radius 1 is 1.22 bits per heavy atom. The average molecular weight is 311 g/mol. The van der Waals surface area contributed by atoms with Crippen LogP contribution in [0.4, 0.5) is 11.4 Å².